The molecular weight excluding hydrogens is 468 g/mol. The van der Waals surface area contributed by atoms with Crippen molar-refractivity contribution in [2.24, 2.45) is 0 Å². The van der Waals surface area contributed by atoms with E-state index in [4.69, 9.17) is 16.3 Å². The van der Waals surface area contributed by atoms with Gasteiger partial charge in [0.25, 0.3) is 5.91 Å². The summed E-state index contributed by atoms with van der Waals surface area (Å²) < 4.78 is 5.23. The van der Waals surface area contributed by atoms with Crippen molar-refractivity contribution in [2.75, 3.05) is 17.2 Å². The van der Waals surface area contributed by atoms with Gasteiger partial charge in [0, 0.05) is 26.6 Å². The minimum Gasteiger partial charge on any atom is -0.452 e. The first-order chi connectivity index (χ1) is 15.2. The first-order valence-electron chi connectivity index (χ1n) is 9.61. The molecule has 0 aliphatic carbocycles. The molecule has 2 aromatic carbocycles. The van der Waals surface area contributed by atoms with Crippen LogP contribution in [-0.4, -0.2) is 24.4 Å². The van der Waals surface area contributed by atoms with Gasteiger partial charge in [-0.05, 0) is 55.8 Å². The van der Waals surface area contributed by atoms with Gasteiger partial charge in [0.05, 0.1) is 11.3 Å². The molecule has 0 bridgehead atoms. The SMILES string of the molecule is CC(=O)Nc1sc(C)c(C)c1C(=O)OCC(=O)Nc1ccccc1Sc1ccc(Cl)cc1. The number of halogens is 1. The lowest BCUT2D eigenvalue weighted by molar-refractivity contribution is -0.119. The van der Waals surface area contributed by atoms with Gasteiger partial charge in [0.15, 0.2) is 6.61 Å². The Bertz CT molecular complexity index is 1160. The predicted molar refractivity (Wildman–Crippen MR) is 129 cm³/mol. The fourth-order valence-corrected chi connectivity index (χ4v) is 4.92. The first kappa shape index (κ1) is 23.8. The van der Waals surface area contributed by atoms with Crippen molar-refractivity contribution in [2.45, 2.75) is 30.6 Å². The number of ether oxygens (including phenoxy) is 1. The van der Waals surface area contributed by atoms with Crippen molar-refractivity contribution in [1.82, 2.24) is 0 Å². The number of para-hydroxylation sites is 1. The van der Waals surface area contributed by atoms with E-state index in [0.29, 0.717) is 21.3 Å². The van der Waals surface area contributed by atoms with Crippen LogP contribution in [0.1, 0.15) is 27.7 Å². The summed E-state index contributed by atoms with van der Waals surface area (Å²) >= 11 is 8.71. The van der Waals surface area contributed by atoms with E-state index in [9.17, 15) is 14.4 Å². The summed E-state index contributed by atoms with van der Waals surface area (Å²) in [4.78, 5) is 39.2. The Hall–Kier alpha value is -2.81. The molecule has 166 valence electrons. The van der Waals surface area contributed by atoms with Gasteiger partial charge in [0.2, 0.25) is 5.91 Å². The van der Waals surface area contributed by atoms with E-state index in [1.807, 2.05) is 37.3 Å². The molecule has 0 aliphatic heterocycles. The van der Waals surface area contributed by atoms with Crippen LogP contribution in [0.5, 0.6) is 0 Å². The van der Waals surface area contributed by atoms with E-state index in [1.165, 1.54) is 30.0 Å². The van der Waals surface area contributed by atoms with Crippen LogP contribution in [0.3, 0.4) is 0 Å². The molecule has 0 unspecified atom stereocenters. The molecular formula is C23H21ClN2O4S2. The molecule has 0 saturated carbocycles. The molecule has 0 aliphatic rings. The second kappa shape index (κ2) is 10.7. The number of esters is 1. The largest absolute Gasteiger partial charge is 0.452 e. The molecule has 6 nitrogen and oxygen atoms in total. The van der Waals surface area contributed by atoms with Crippen molar-refractivity contribution in [3.8, 4) is 0 Å². The number of hydrogen-bond donors (Lipinski definition) is 2. The quantitative estimate of drug-likeness (QED) is 0.403. The average molecular weight is 489 g/mol. The van der Waals surface area contributed by atoms with E-state index in [2.05, 4.69) is 10.6 Å². The highest BCUT2D eigenvalue weighted by Gasteiger charge is 2.22. The fourth-order valence-electron chi connectivity index (χ4n) is 2.80. The lowest BCUT2D eigenvalue weighted by atomic mass is 10.1. The molecule has 0 fully saturated rings. The highest BCUT2D eigenvalue weighted by Crippen LogP contribution is 2.34. The number of nitrogens with one attached hydrogen (secondary N) is 2. The van der Waals surface area contributed by atoms with Crippen LogP contribution < -0.4 is 10.6 Å². The molecule has 1 aromatic heterocycles. The molecule has 9 heteroatoms. The summed E-state index contributed by atoms with van der Waals surface area (Å²) in [7, 11) is 0. The topological polar surface area (TPSA) is 84.5 Å². The Balaban J connectivity index is 1.65. The molecule has 0 spiro atoms. The van der Waals surface area contributed by atoms with Crippen molar-refractivity contribution < 1.29 is 19.1 Å². The highest BCUT2D eigenvalue weighted by atomic mass is 35.5. The molecule has 1 heterocycles. The molecule has 32 heavy (non-hydrogen) atoms. The number of anilines is 2. The van der Waals surface area contributed by atoms with E-state index < -0.39 is 18.5 Å². The second-order valence-electron chi connectivity index (χ2n) is 6.85. The molecule has 2 N–H and O–H groups in total. The maximum absolute atomic E-state index is 12.6. The zero-order valence-electron chi connectivity index (χ0n) is 17.7. The number of amides is 2. The Labute approximate surface area is 199 Å². The predicted octanol–water partition coefficient (Wildman–Crippen LogP) is 5.92. The van der Waals surface area contributed by atoms with Gasteiger partial charge in [-0.15, -0.1) is 11.3 Å². The zero-order chi connectivity index (χ0) is 23.3. The number of benzene rings is 2. The van der Waals surface area contributed by atoms with Crippen LogP contribution in [0, 0.1) is 13.8 Å². The number of aryl methyl sites for hydroxylation is 1. The van der Waals surface area contributed by atoms with Gasteiger partial charge in [-0.2, -0.15) is 0 Å². The summed E-state index contributed by atoms with van der Waals surface area (Å²) in [6.07, 6.45) is 0. The standard InChI is InChI=1S/C23H21ClN2O4S2/c1-13-14(2)31-22(25-15(3)27)21(13)23(29)30-12-20(28)26-18-6-4-5-7-19(18)32-17-10-8-16(24)9-11-17/h4-11H,12H2,1-3H3,(H,25,27)(H,26,28). The Morgan fingerprint density at radius 1 is 1.03 bits per heavy atom. The summed E-state index contributed by atoms with van der Waals surface area (Å²) in [6.45, 7) is 4.54. The number of thiophene rings is 1. The number of carbonyl (C=O) groups is 3. The Morgan fingerprint density at radius 2 is 1.72 bits per heavy atom. The first-order valence-corrected chi connectivity index (χ1v) is 11.6. The smallest absolute Gasteiger partial charge is 0.341 e. The number of rotatable bonds is 7. The number of carbonyl (C=O) groups excluding carboxylic acids is 3. The molecule has 0 radical (unpaired) electrons. The molecule has 3 rings (SSSR count). The normalized spacial score (nSPS) is 10.5. The minimum absolute atomic E-state index is 0.272. The maximum Gasteiger partial charge on any atom is 0.341 e. The monoisotopic (exact) mass is 488 g/mol. The van der Waals surface area contributed by atoms with E-state index >= 15 is 0 Å². The van der Waals surface area contributed by atoms with Crippen LogP contribution in [0.25, 0.3) is 0 Å². The average Bonchev–Trinajstić information content (AvgIpc) is 3.02. The third-order valence-electron chi connectivity index (χ3n) is 4.42. The lowest BCUT2D eigenvalue weighted by Gasteiger charge is -2.11. The summed E-state index contributed by atoms with van der Waals surface area (Å²) in [6, 6.07) is 14.7. The summed E-state index contributed by atoms with van der Waals surface area (Å²) in [5.41, 5.74) is 1.60. The van der Waals surface area contributed by atoms with Crippen LogP contribution >= 0.6 is 34.7 Å². The van der Waals surface area contributed by atoms with Crippen molar-refractivity contribution in [3.05, 3.63) is 69.6 Å². The maximum atomic E-state index is 12.6. The Morgan fingerprint density at radius 3 is 2.41 bits per heavy atom. The van der Waals surface area contributed by atoms with Gasteiger partial charge in [-0.25, -0.2) is 4.79 Å². The third kappa shape index (κ3) is 6.12. The Kier molecular flexibility index (Phi) is 7.95. The van der Waals surface area contributed by atoms with Gasteiger partial charge < -0.3 is 15.4 Å². The van der Waals surface area contributed by atoms with Crippen LogP contribution in [0.2, 0.25) is 5.02 Å². The second-order valence-corrected chi connectivity index (χ2v) is 9.62. The van der Waals surface area contributed by atoms with E-state index in [1.54, 1.807) is 25.1 Å². The van der Waals surface area contributed by atoms with E-state index in [-0.39, 0.29) is 11.5 Å². The molecule has 3 aromatic rings. The summed E-state index contributed by atoms with van der Waals surface area (Å²) in [5, 5.41) is 6.50. The molecule has 0 saturated heterocycles. The van der Waals surface area contributed by atoms with Crippen molar-refractivity contribution in [3.63, 3.8) is 0 Å². The fraction of sp³-hybridized carbons (Fsp3) is 0.174. The van der Waals surface area contributed by atoms with Crippen LogP contribution in [-0.2, 0) is 14.3 Å². The minimum atomic E-state index is -0.658. The van der Waals surface area contributed by atoms with Crippen LogP contribution in [0.4, 0.5) is 10.7 Å². The van der Waals surface area contributed by atoms with Gasteiger partial charge >= 0.3 is 5.97 Å². The lowest BCUT2D eigenvalue weighted by Crippen LogP contribution is -2.22. The van der Waals surface area contributed by atoms with Gasteiger partial charge in [-0.3, -0.25) is 9.59 Å². The van der Waals surface area contributed by atoms with Crippen molar-refractivity contribution >= 4 is 63.2 Å². The van der Waals surface area contributed by atoms with Gasteiger partial charge in [-0.1, -0.05) is 35.5 Å². The molecule has 0 atom stereocenters. The molecule has 2 amide bonds. The zero-order valence-corrected chi connectivity index (χ0v) is 20.0. The number of hydrogen-bond acceptors (Lipinski definition) is 6. The van der Waals surface area contributed by atoms with Gasteiger partial charge in [0.1, 0.15) is 5.00 Å². The third-order valence-corrected chi connectivity index (χ3v) is 6.87. The summed E-state index contributed by atoms with van der Waals surface area (Å²) in [5.74, 6) is -1.41. The van der Waals surface area contributed by atoms with Crippen LogP contribution in [0.15, 0.2) is 58.3 Å². The highest BCUT2D eigenvalue weighted by molar-refractivity contribution is 7.99. The van der Waals surface area contributed by atoms with E-state index in [0.717, 1.165) is 14.7 Å². The van der Waals surface area contributed by atoms with Crippen molar-refractivity contribution in [1.29, 1.82) is 0 Å².